The van der Waals surface area contributed by atoms with Crippen molar-refractivity contribution in [3.63, 3.8) is 0 Å². The first-order valence-corrected chi connectivity index (χ1v) is 12.8. The maximum atomic E-state index is 13.2. The van der Waals surface area contributed by atoms with Crippen LogP contribution in [0.15, 0.2) is 42.5 Å². The minimum Gasteiger partial charge on any atom is -0.350 e. The number of piperidine rings is 3. The van der Waals surface area contributed by atoms with Crippen molar-refractivity contribution in [2.75, 3.05) is 29.9 Å². The zero-order valence-electron chi connectivity index (χ0n) is 18.8. The molecule has 3 aromatic rings. The molecule has 0 radical (unpaired) electrons. The summed E-state index contributed by atoms with van der Waals surface area (Å²) in [5, 5.41) is 7.77. The lowest BCUT2D eigenvalue weighted by molar-refractivity contribution is 0.0972. The number of nitrogens with zero attached hydrogens (tertiary/aromatic N) is 4. The summed E-state index contributed by atoms with van der Waals surface area (Å²) in [6.07, 6.45) is 2.31. The number of para-hydroxylation sites is 1. The van der Waals surface area contributed by atoms with Gasteiger partial charge in [0.25, 0.3) is 0 Å². The standard InChI is InChI=1S/C25H23Cl3N6O/c26-17-5-2-1-4-15(17)21-16-12-29-25(35)34(22-18(27)6-3-7-19(22)28)23(16)32-24(31-21)30-20-13-33-10-8-14(20)9-11-33/h1-7,14,20H,8-13H2,(H,29,35)(H,30,31,32). The number of aromatic nitrogens is 2. The van der Waals surface area contributed by atoms with E-state index in [0.29, 0.717) is 44.1 Å². The second-order valence-electron chi connectivity index (χ2n) is 9.13. The van der Waals surface area contributed by atoms with Crippen molar-refractivity contribution >= 4 is 58.3 Å². The van der Waals surface area contributed by atoms with Crippen LogP contribution in [0.1, 0.15) is 18.4 Å². The summed E-state index contributed by atoms with van der Waals surface area (Å²) in [5.41, 5.74) is 2.56. The normalized spacial score (nSPS) is 23.1. The van der Waals surface area contributed by atoms with Crippen molar-refractivity contribution in [2.24, 2.45) is 5.92 Å². The maximum absolute atomic E-state index is 13.2. The molecule has 1 aromatic heterocycles. The van der Waals surface area contributed by atoms with E-state index in [9.17, 15) is 4.79 Å². The number of rotatable bonds is 4. The molecular weight excluding hydrogens is 507 g/mol. The largest absolute Gasteiger partial charge is 0.350 e. The van der Waals surface area contributed by atoms with Gasteiger partial charge in [0.2, 0.25) is 5.95 Å². The Morgan fingerprint density at radius 1 is 0.943 bits per heavy atom. The average Bonchev–Trinajstić information content (AvgIpc) is 2.86. The molecular formula is C25H23Cl3N6O. The lowest BCUT2D eigenvalue weighted by atomic mass is 9.84. The number of halogens is 3. The topological polar surface area (TPSA) is 73.4 Å². The lowest BCUT2D eigenvalue weighted by Crippen LogP contribution is -2.53. The number of nitrogens with one attached hydrogen (secondary N) is 2. The first kappa shape index (κ1) is 22.9. The zero-order chi connectivity index (χ0) is 24.1. The fourth-order valence-electron chi connectivity index (χ4n) is 5.30. The molecule has 4 aliphatic rings. The summed E-state index contributed by atoms with van der Waals surface area (Å²) in [6.45, 7) is 3.48. The molecule has 5 heterocycles. The molecule has 3 fully saturated rings. The molecule has 2 amide bonds. The second kappa shape index (κ2) is 9.13. The highest BCUT2D eigenvalue weighted by molar-refractivity contribution is 6.40. The van der Waals surface area contributed by atoms with Gasteiger partial charge in [0, 0.05) is 28.7 Å². The minimum atomic E-state index is -0.356. The first-order chi connectivity index (χ1) is 17.0. The third-order valence-electron chi connectivity index (χ3n) is 7.08. The van der Waals surface area contributed by atoms with Crippen LogP contribution in [-0.2, 0) is 6.54 Å². The minimum absolute atomic E-state index is 0.240. The smallest absolute Gasteiger partial charge is 0.328 e. The van der Waals surface area contributed by atoms with Crippen molar-refractivity contribution in [1.29, 1.82) is 0 Å². The van der Waals surface area contributed by atoms with Crippen molar-refractivity contribution in [1.82, 2.24) is 20.2 Å². The van der Waals surface area contributed by atoms with E-state index in [2.05, 4.69) is 15.5 Å². The van der Waals surface area contributed by atoms with Crippen LogP contribution in [0.3, 0.4) is 0 Å². The van der Waals surface area contributed by atoms with E-state index in [1.807, 2.05) is 24.3 Å². The summed E-state index contributed by atoms with van der Waals surface area (Å²) >= 11 is 19.6. The van der Waals surface area contributed by atoms with Gasteiger partial charge in [-0.05, 0) is 50.0 Å². The van der Waals surface area contributed by atoms with Gasteiger partial charge in [0.1, 0.15) is 0 Å². The molecule has 7 nitrogen and oxygen atoms in total. The van der Waals surface area contributed by atoms with Gasteiger partial charge in [-0.2, -0.15) is 4.98 Å². The van der Waals surface area contributed by atoms with Crippen LogP contribution in [0.5, 0.6) is 0 Å². The molecule has 0 saturated carbocycles. The predicted molar refractivity (Wildman–Crippen MR) is 140 cm³/mol. The molecule has 7 rings (SSSR count). The number of benzene rings is 2. The average molecular weight is 530 g/mol. The molecule has 35 heavy (non-hydrogen) atoms. The van der Waals surface area contributed by atoms with Gasteiger partial charge in [0.05, 0.1) is 28.0 Å². The fourth-order valence-corrected chi connectivity index (χ4v) is 6.10. The van der Waals surface area contributed by atoms with Crippen molar-refractivity contribution in [3.05, 3.63) is 63.1 Å². The molecule has 2 bridgehead atoms. The predicted octanol–water partition coefficient (Wildman–Crippen LogP) is 5.97. The third-order valence-corrected chi connectivity index (χ3v) is 8.02. The van der Waals surface area contributed by atoms with Crippen LogP contribution in [0.25, 0.3) is 11.3 Å². The van der Waals surface area contributed by atoms with Crippen LogP contribution < -0.4 is 15.5 Å². The van der Waals surface area contributed by atoms with Crippen LogP contribution in [0, 0.1) is 5.92 Å². The number of fused-ring (bicyclic) bond motifs is 4. The molecule has 3 saturated heterocycles. The lowest BCUT2D eigenvalue weighted by Gasteiger charge is -2.45. The highest BCUT2D eigenvalue weighted by Gasteiger charge is 2.36. The van der Waals surface area contributed by atoms with Gasteiger partial charge in [-0.25, -0.2) is 14.7 Å². The highest BCUT2D eigenvalue weighted by atomic mass is 35.5. The van der Waals surface area contributed by atoms with Crippen LogP contribution >= 0.6 is 34.8 Å². The van der Waals surface area contributed by atoms with E-state index in [4.69, 9.17) is 44.8 Å². The van der Waals surface area contributed by atoms with Gasteiger partial charge in [0.15, 0.2) is 5.82 Å². The Morgan fingerprint density at radius 3 is 2.34 bits per heavy atom. The van der Waals surface area contributed by atoms with Crippen LogP contribution in [-0.4, -0.2) is 46.6 Å². The van der Waals surface area contributed by atoms with Gasteiger partial charge in [-0.1, -0.05) is 59.1 Å². The van der Waals surface area contributed by atoms with E-state index in [-0.39, 0.29) is 18.6 Å². The van der Waals surface area contributed by atoms with Gasteiger partial charge < -0.3 is 15.5 Å². The number of hydrogen-bond donors (Lipinski definition) is 2. The maximum Gasteiger partial charge on any atom is 0.328 e. The summed E-state index contributed by atoms with van der Waals surface area (Å²) in [7, 11) is 0. The number of urea groups is 1. The number of hydrogen-bond acceptors (Lipinski definition) is 5. The highest BCUT2D eigenvalue weighted by Crippen LogP contribution is 2.43. The molecule has 0 spiro atoms. The van der Waals surface area contributed by atoms with E-state index in [1.165, 1.54) is 4.90 Å². The Balaban J connectivity index is 1.52. The summed E-state index contributed by atoms with van der Waals surface area (Å²) in [4.78, 5) is 26.9. The molecule has 180 valence electrons. The third kappa shape index (κ3) is 4.10. The van der Waals surface area contributed by atoms with E-state index >= 15 is 0 Å². The van der Waals surface area contributed by atoms with Gasteiger partial charge in [-0.3, -0.25) is 0 Å². The molecule has 2 aromatic carbocycles. The Hall–Kier alpha value is -2.58. The Kier molecular flexibility index (Phi) is 5.96. The molecule has 1 atom stereocenters. The number of carbonyl (C=O) groups is 1. The Morgan fingerprint density at radius 2 is 1.66 bits per heavy atom. The van der Waals surface area contributed by atoms with Gasteiger partial charge >= 0.3 is 6.03 Å². The summed E-state index contributed by atoms with van der Waals surface area (Å²) in [5.74, 6) is 1.47. The van der Waals surface area contributed by atoms with Gasteiger partial charge in [-0.15, -0.1) is 0 Å². The molecule has 0 aliphatic carbocycles. The monoisotopic (exact) mass is 528 g/mol. The SMILES string of the molecule is O=C1NCc2c(-c3ccccc3Cl)nc(NC3CN4CCC3CC4)nc2N1c1c(Cl)cccc1Cl. The second-order valence-corrected chi connectivity index (χ2v) is 10.4. The summed E-state index contributed by atoms with van der Waals surface area (Å²) in [6, 6.07) is 12.6. The zero-order valence-corrected chi connectivity index (χ0v) is 21.0. The van der Waals surface area contributed by atoms with Crippen molar-refractivity contribution in [3.8, 4) is 11.3 Å². The Bertz CT molecular complexity index is 1290. The summed E-state index contributed by atoms with van der Waals surface area (Å²) < 4.78 is 0. The number of anilines is 3. The van der Waals surface area contributed by atoms with E-state index in [1.54, 1.807) is 18.2 Å². The fraction of sp³-hybridized carbons (Fsp3) is 0.320. The number of carbonyl (C=O) groups excluding carboxylic acids is 1. The van der Waals surface area contributed by atoms with Crippen molar-refractivity contribution < 1.29 is 4.79 Å². The Labute approximate surface area is 218 Å². The molecule has 10 heteroatoms. The van der Waals surface area contributed by atoms with E-state index in [0.717, 1.165) is 43.6 Å². The van der Waals surface area contributed by atoms with Crippen molar-refractivity contribution in [2.45, 2.75) is 25.4 Å². The quantitative estimate of drug-likeness (QED) is 0.435. The molecule has 2 N–H and O–H groups in total. The number of amides is 2. The van der Waals surface area contributed by atoms with Crippen LogP contribution in [0.4, 0.5) is 22.2 Å². The van der Waals surface area contributed by atoms with Crippen LogP contribution in [0.2, 0.25) is 15.1 Å². The molecule has 4 aliphatic heterocycles. The van der Waals surface area contributed by atoms with E-state index < -0.39 is 0 Å². The first-order valence-electron chi connectivity index (χ1n) is 11.7. The molecule has 1 unspecified atom stereocenters.